The minimum atomic E-state index is -0.411. The first kappa shape index (κ1) is 20.4. The Balaban J connectivity index is 1.93. The van der Waals surface area contributed by atoms with Crippen molar-refractivity contribution < 1.29 is 0 Å². The largest absolute Gasteiger partial charge is 0.300 e. The van der Waals surface area contributed by atoms with Crippen LogP contribution in [-0.4, -0.2) is 9.97 Å². The zero-order valence-electron chi connectivity index (χ0n) is 15.9. The number of nitrogens with zero attached hydrogens (tertiary/aromatic N) is 2. The van der Waals surface area contributed by atoms with Gasteiger partial charge < -0.3 is 4.98 Å². The van der Waals surface area contributed by atoms with Crippen LogP contribution in [-0.2, 0) is 11.2 Å². The molecule has 0 aliphatic heterocycles. The van der Waals surface area contributed by atoms with E-state index in [0.717, 1.165) is 15.6 Å². The topological polar surface area (TPSA) is 69.5 Å². The third-order valence-corrected chi connectivity index (χ3v) is 5.80. The molecule has 0 saturated carbocycles. The third-order valence-electron chi connectivity index (χ3n) is 4.32. The first-order valence-electron chi connectivity index (χ1n) is 8.80. The van der Waals surface area contributed by atoms with Crippen molar-refractivity contribution in [2.45, 2.75) is 37.1 Å². The lowest BCUT2D eigenvalue weighted by Gasteiger charge is -2.19. The Kier molecular flexibility index (Phi) is 6.07. The lowest BCUT2D eigenvalue weighted by Crippen LogP contribution is -2.15. The average Bonchev–Trinajstić information content (AvgIpc) is 2.66. The van der Waals surface area contributed by atoms with Crippen molar-refractivity contribution >= 4 is 27.7 Å². The summed E-state index contributed by atoms with van der Waals surface area (Å²) >= 11 is 4.86. The molecule has 3 rings (SSSR count). The molecule has 6 heteroatoms. The van der Waals surface area contributed by atoms with Crippen LogP contribution in [0.3, 0.4) is 0 Å². The summed E-state index contributed by atoms with van der Waals surface area (Å²) in [6.07, 6.45) is 0. The Morgan fingerprint density at radius 3 is 2.32 bits per heavy atom. The summed E-state index contributed by atoms with van der Waals surface area (Å²) in [5, 5.41) is 9.95. The zero-order chi connectivity index (χ0) is 20.3. The van der Waals surface area contributed by atoms with E-state index < -0.39 is 5.56 Å². The summed E-state index contributed by atoms with van der Waals surface area (Å²) in [7, 11) is 0. The Hall–Kier alpha value is -2.36. The maximum atomic E-state index is 12.4. The van der Waals surface area contributed by atoms with Crippen LogP contribution in [0.4, 0.5) is 0 Å². The second-order valence-corrected chi connectivity index (χ2v) is 9.33. The normalized spacial score (nSPS) is 11.2. The lowest BCUT2D eigenvalue weighted by molar-refractivity contribution is 0.590. The molecule has 1 heterocycles. The maximum absolute atomic E-state index is 12.4. The molecule has 2 aromatic carbocycles. The highest BCUT2D eigenvalue weighted by molar-refractivity contribution is 9.10. The molecular weight excluding hydrogens is 434 g/mol. The van der Waals surface area contributed by atoms with Gasteiger partial charge in [-0.2, -0.15) is 5.26 Å². The highest BCUT2D eigenvalue weighted by Crippen LogP contribution is 2.28. The van der Waals surface area contributed by atoms with Crippen LogP contribution in [0.25, 0.3) is 11.3 Å². The van der Waals surface area contributed by atoms with Gasteiger partial charge in [-0.1, -0.05) is 84.9 Å². The van der Waals surface area contributed by atoms with E-state index in [1.54, 1.807) is 0 Å². The van der Waals surface area contributed by atoms with Crippen molar-refractivity contribution in [1.82, 2.24) is 9.97 Å². The fraction of sp³-hybridized carbons (Fsp3) is 0.227. The number of rotatable bonds is 4. The Morgan fingerprint density at radius 2 is 1.75 bits per heavy atom. The minimum absolute atomic E-state index is 0.0316. The number of nitrogens with one attached hydrogen (secondary N) is 1. The molecule has 0 aliphatic rings. The Labute approximate surface area is 177 Å². The molecule has 0 bridgehead atoms. The predicted molar refractivity (Wildman–Crippen MR) is 117 cm³/mol. The van der Waals surface area contributed by atoms with Crippen molar-refractivity contribution in [3.63, 3.8) is 0 Å². The summed E-state index contributed by atoms with van der Waals surface area (Å²) in [4.78, 5) is 19.7. The fourth-order valence-electron chi connectivity index (χ4n) is 2.69. The van der Waals surface area contributed by atoms with Crippen molar-refractivity contribution in [2.24, 2.45) is 0 Å². The van der Waals surface area contributed by atoms with E-state index in [9.17, 15) is 10.1 Å². The molecule has 0 amide bonds. The van der Waals surface area contributed by atoms with Gasteiger partial charge >= 0.3 is 0 Å². The van der Waals surface area contributed by atoms with Crippen molar-refractivity contribution in [2.75, 3.05) is 0 Å². The number of halogens is 1. The summed E-state index contributed by atoms with van der Waals surface area (Å²) in [6, 6.07) is 17.9. The van der Waals surface area contributed by atoms with Crippen LogP contribution in [0.1, 0.15) is 37.5 Å². The number of nitriles is 1. The van der Waals surface area contributed by atoms with Crippen molar-refractivity contribution in [1.29, 1.82) is 5.26 Å². The van der Waals surface area contributed by atoms with Gasteiger partial charge in [0, 0.05) is 15.8 Å². The molecule has 1 aromatic heterocycles. The van der Waals surface area contributed by atoms with Crippen molar-refractivity contribution in [3.8, 4) is 17.3 Å². The quantitative estimate of drug-likeness (QED) is 0.408. The smallest absolute Gasteiger partial charge is 0.270 e. The van der Waals surface area contributed by atoms with Crippen LogP contribution in [0.2, 0.25) is 0 Å². The number of hydrogen-bond acceptors (Lipinski definition) is 4. The molecule has 0 aliphatic carbocycles. The van der Waals surface area contributed by atoms with E-state index in [1.165, 1.54) is 17.3 Å². The van der Waals surface area contributed by atoms with Crippen LogP contribution in [0.5, 0.6) is 0 Å². The highest BCUT2D eigenvalue weighted by Gasteiger charge is 2.16. The molecule has 0 atom stereocenters. The van der Waals surface area contributed by atoms with Crippen molar-refractivity contribution in [3.05, 3.63) is 80.0 Å². The van der Waals surface area contributed by atoms with Gasteiger partial charge in [0.2, 0.25) is 0 Å². The number of thioether (sulfide) groups is 1. The van der Waals surface area contributed by atoms with Gasteiger partial charge in [0.25, 0.3) is 5.56 Å². The SMILES string of the molecule is CC(C)(C)c1ccc(-c2nc(SCc3ccc(Br)cc3)[nH]c(=O)c2C#N)cc1. The second kappa shape index (κ2) is 8.34. The fourth-order valence-corrected chi connectivity index (χ4v) is 3.77. The van der Waals surface area contributed by atoms with Gasteiger partial charge in [0.05, 0.1) is 5.69 Å². The first-order valence-corrected chi connectivity index (χ1v) is 10.6. The van der Waals surface area contributed by atoms with Crippen LogP contribution in [0, 0.1) is 11.3 Å². The molecule has 142 valence electrons. The molecule has 0 radical (unpaired) electrons. The summed E-state index contributed by atoms with van der Waals surface area (Å²) < 4.78 is 1.02. The van der Waals surface area contributed by atoms with Crippen LogP contribution < -0.4 is 5.56 Å². The molecule has 1 N–H and O–H groups in total. The van der Waals surface area contributed by atoms with E-state index in [2.05, 4.69) is 46.7 Å². The number of aromatic amines is 1. The third kappa shape index (κ3) is 4.73. The summed E-state index contributed by atoms with van der Waals surface area (Å²) in [5.74, 6) is 0.671. The van der Waals surface area contributed by atoms with Crippen LogP contribution in [0.15, 0.2) is 63.0 Å². The molecule has 0 fully saturated rings. The highest BCUT2D eigenvalue weighted by atomic mass is 79.9. The monoisotopic (exact) mass is 453 g/mol. The lowest BCUT2D eigenvalue weighted by atomic mass is 9.86. The van der Waals surface area contributed by atoms with E-state index >= 15 is 0 Å². The number of benzene rings is 2. The van der Waals surface area contributed by atoms with Gasteiger partial charge in [-0.15, -0.1) is 0 Å². The molecular formula is C22H20BrN3OS. The molecule has 0 saturated heterocycles. The molecule has 28 heavy (non-hydrogen) atoms. The predicted octanol–water partition coefficient (Wildman–Crippen LogP) is 5.66. The Bertz CT molecular complexity index is 1080. The summed E-state index contributed by atoms with van der Waals surface area (Å²) in [5.41, 5.74) is 3.15. The molecule has 0 spiro atoms. The minimum Gasteiger partial charge on any atom is -0.300 e. The number of aromatic nitrogens is 2. The van der Waals surface area contributed by atoms with E-state index in [0.29, 0.717) is 16.6 Å². The first-order chi connectivity index (χ1) is 13.3. The number of H-pyrrole nitrogens is 1. The van der Waals surface area contributed by atoms with E-state index in [4.69, 9.17) is 0 Å². The maximum Gasteiger partial charge on any atom is 0.270 e. The Morgan fingerprint density at radius 1 is 1.11 bits per heavy atom. The standard InChI is InChI=1S/C22H20BrN3OS/c1-22(2,3)16-8-6-15(7-9-16)19-18(12-24)20(27)26-21(25-19)28-13-14-4-10-17(23)11-5-14/h4-11H,13H2,1-3H3,(H,25,26,27). The van der Waals surface area contributed by atoms with Gasteiger partial charge in [-0.25, -0.2) is 4.98 Å². The number of hydrogen-bond donors (Lipinski definition) is 1. The van der Waals surface area contributed by atoms with Gasteiger partial charge in [-0.05, 0) is 28.7 Å². The van der Waals surface area contributed by atoms with Gasteiger partial charge in [-0.3, -0.25) is 4.79 Å². The zero-order valence-corrected chi connectivity index (χ0v) is 18.3. The molecule has 3 aromatic rings. The van der Waals surface area contributed by atoms with Gasteiger partial charge in [0.15, 0.2) is 5.16 Å². The average molecular weight is 454 g/mol. The second-order valence-electron chi connectivity index (χ2n) is 7.45. The van der Waals surface area contributed by atoms with E-state index in [-0.39, 0.29) is 11.0 Å². The summed E-state index contributed by atoms with van der Waals surface area (Å²) in [6.45, 7) is 6.43. The molecule has 4 nitrogen and oxygen atoms in total. The van der Waals surface area contributed by atoms with Gasteiger partial charge in [0.1, 0.15) is 11.6 Å². The van der Waals surface area contributed by atoms with E-state index in [1.807, 2.05) is 54.6 Å². The molecule has 0 unspecified atom stereocenters. The van der Waals surface area contributed by atoms with Crippen LogP contribution >= 0.6 is 27.7 Å².